The van der Waals surface area contributed by atoms with Gasteiger partial charge in [0.25, 0.3) is 11.8 Å². The molecule has 1 atom stereocenters. The second kappa shape index (κ2) is 12.7. The number of aromatic nitrogens is 3. The van der Waals surface area contributed by atoms with Gasteiger partial charge in [0.05, 0.1) is 40.1 Å². The molecule has 0 aliphatic carbocycles. The van der Waals surface area contributed by atoms with Crippen LogP contribution in [0, 0.1) is 18.3 Å². The van der Waals surface area contributed by atoms with Crippen LogP contribution in [0.3, 0.4) is 0 Å². The number of carbonyl (C=O) groups excluding carboxylic acids is 2. The second-order valence-corrected chi connectivity index (χ2v) is 10.4. The molecule has 1 aliphatic heterocycles. The summed E-state index contributed by atoms with van der Waals surface area (Å²) in [6.45, 7) is 3.19. The molecule has 2 aromatic heterocycles. The van der Waals surface area contributed by atoms with Gasteiger partial charge in [0.1, 0.15) is 5.69 Å². The number of nitrogens with one attached hydrogen (secondary N) is 4. The monoisotopic (exact) mass is 620 g/mol. The smallest absolute Gasteiger partial charge is 0.349 e. The van der Waals surface area contributed by atoms with E-state index in [4.69, 9.17) is 11.6 Å². The van der Waals surface area contributed by atoms with Crippen molar-refractivity contribution in [1.82, 2.24) is 36.2 Å². The van der Waals surface area contributed by atoms with Gasteiger partial charge in [-0.25, -0.2) is 14.8 Å². The zero-order valence-corrected chi connectivity index (χ0v) is 23.9. The van der Waals surface area contributed by atoms with Crippen molar-refractivity contribution in [3.8, 4) is 11.9 Å². The van der Waals surface area contributed by atoms with Crippen LogP contribution in [0.5, 0.6) is 0 Å². The lowest BCUT2D eigenvalue weighted by molar-refractivity contribution is -0.0614. The number of thioether (sulfide) groups is 1. The molecule has 1 aliphatic rings. The molecule has 2 amide bonds. The summed E-state index contributed by atoms with van der Waals surface area (Å²) < 4.78 is 40.1. The van der Waals surface area contributed by atoms with Crippen LogP contribution < -0.4 is 21.6 Å². The lowest BCUT2D eigenvalue weighted by Gasteiger charge is -2.17. The van der Waals surface area contributed by atoms with Crippen molar-refractivity contribution < 1.29 is 22.8 Å². The number of pyridine rings is 1. The molecule has 1 aromatic carbocycles. The van der Waals surface area contributed by atoms with Crippen molar-refractivity contribution in [3.05, 3.63) is 69.6 Å². The normalized spacial score (nSPS) is 13.7. The van der Waals surface area contributed by atoms with E-state index in [1.165, 1.54) is 30.5 Å². The molecule has 3 heterocycles. The maximum Gasteiger partial charge on any atom is 0.452 e. The molecule has 0 spiro atoms. The van der Waals surface area contributed by atoms with E-state index in [0.717, 1.165) is 9.80 Å². The Hall–Kier alpha value is -4.33. The number of benzene rings is 1. The number of rotatable bonds is 9. The highest BCUT2D eigenvalue weighted by molar-refractivity contribution is 7.98. The number of anilines is 1. The largest absolute Gasteiger partial charge is 0.452 e. The molecule has 42 heavy (non-hydrogen) atoms. The number of alkyl halides is 3. The van der Waals surface area contributed by atoms with Crippen molar-refractivity contribution in [2.24, 2.45) is 5.10 Å². The van der Waals surface area contributed by atoms with Crippen LogP contribution in [0.4, 0.5) is 18.9 Å². The summed E-state index contributed by atoms with van der Waals surface area (Å²) in [5.41, 5.74) is 5.19. The summed E-state index contributed by atoms with van der Waals surface area (Å²) in [5, 5.41) is 23.8. The van der Waals surface area contributed by atoms with Gasteiger partial charge < -0.3 is 10.6 Å². The lowest BCUT2D eigenvalue weighted by Crippen LogP contribution is -2.42. The van der Waals surface area contributed by atoms with Crippen molar-refractivity contribution in [2.75, 3.05) is 17.3 Å². The summed E-state index contributed by atoms with van der Waals surface area (Å²) in [4.78, 5) is 31.1. The maximum atomic E-state index is 13.7. The molecular formula is C25H24ClF3N10O2S. The van der Waals surface area contributed by atoms with E-state index in [0.29, 0.717) is 11.3 Å². The molecule has 220 valence electrons. The first-order valence-corrected chi connectivity index (χ1v) is 14.0. The van der Waals surface area contributed by atoms with Gasteiger partial charge in [-0.1, -0.05) is 11.6 Å². The zero-order chi connectivity index (χ0) is 30.6. The Morgan fingerprint density at radius 2 is 2.02 bits per heavy atom. The maximum absolute atomic E-state index is 13.7. The van der Waals surface area contributed by atoms with Gasteiger partial charge in [0, 0.05) is 18.0 Å². The number of nitrogens with zero attached hydrogens (tertiary/aromatic N) is 6. The summed E-state index contributed by atoms with van der Waals surface area (Å²) in [5.74, 6) is -1.72. The Morgan fingerprint density at radius 1 is 1.26 bits per heavy atom. The first kappa shape index (κ1) is 30.6. The van der Waals surface area contributed by atoms with Gasteiger partial charge in [-0.15, -0.1) is 10.6 Å². The van der Waals surface area contributed by atoms with Gasteiger partial charge in [-0.3, -0.25) is 15.0 Å². The molecule has 0 radical (unpaired) electrons. The fraction of sp³-hybridized carbons (Fsp3) is 0.280. The molecule has 0 bridgehead atoms. The van der Waals surface area contributed by atoms with Crippen LogP contribution >= 0.6 is 23.4 Å². The van der Waals surface area contributed by atoms with Crippen LogP contribution in [0.1, 0.15) is 44.6 Å². The van der Waals surface area contributed by atoms with E-state index in [1.807, 2.05) is 24.7 Å². The average Bonchev–Trinajstić information content (AvgIpc) is 3.57. The number of amidine groups is 1. The zero-order valence-electron chi connectivity index (χ0n) is 22.4. The van der Waals surface area contributed by atoms with E-state index < -0.39 is 23.8 Å². The number of nitriles is 1. The Kier molecular flexibility index (Phi) is 9.24. The third-order valence-corrected chi connectivity index (χ3v) is 6.91. The van der Waals surface area contributed by atoms with Crippen molar-refractivity contribution in [3.63, 3.8) is 0 Å². The van der Waals surface area contributed by atoms with E-state index >= 15 is 0 Å². The molecule has 4 rings (SSSR count). The Bertz CT molecular complexity index is 1590. The predicted molar refractivity (Wildman–Crippen MR) is 151 cm³/mol. The first-order valence-electron chi connectivity index (χ1n) is 12.2. The number of hydrazone groups is 1. The first-order chi connectivity index (χ1) is 19.9. The van der Waals surface area contributed by atoms with Crippen molar-refractivity contribution in [1.29, 1.82) is 5.26 Å². The Labute approximate surface area is 247 Å². The summed E-state index contributed by atoms with van der Waals surface area (Å²) in [7, 11) is 0. The highest BCUT2D eigenvalue weighted by Gasteiger charge is 2.40. The van der Waals surface area contributed by atoms with Gasteiger partial charge in [-0.05, 0) is 56.0 Å². The van der Waals surface area contributed by atoms with Gasteiger partial charge in [0.15, 0.2) is 5.82 Å². The standard InChI is InChI=1S/C25H24ClF3N10O2S/c1-13-7-15(10-30)8-17(22(40)32-14(2)12-42-3)20(13)33-23(41)19-9-16(11-38-36-24(34-37-38)25(27,28)29)35-39(19)21-18(26)5-4-6-31-21/h4-9,14,37H,11-12H2,1-3H3,(H,32,40)(H,33,41)(H,34,36)/t14-/m0/s1. The Morgan fingerprint density at radius 3 is 2.67 bits per heavy atom. The molecule has 0 saturated carbocycles. The third-order valence-electron chi connectivity index (χ3n) is 5.78. The minimum atomic E-state index is -4.70. The van der Waals surface area contributed by atoms with Crippen LogP contribution in [-0.2, 0) is 6.54 Å². The van der Waals surface area contributed by atoms with E-state index in [9.17, 15) is 28.0 Å². The number of carbonyl (C=O) groups is 2. The molecule has 0 fully saturated rings. The number of amides is 2. The highest BCUT2D eigenvalue weighted by atomic mass is 35.5. The summed E-state index contributed by atoms with van der Waals surface area (Å²) >= 11 is 7.87. The highest BCUT2D eigenvalue weighted by Crippen LogP contribution is 2.26. The van der Waals surface area contributed by atoms with E-state index in [2.05, 4.69) is 31.4 Å². The summed E-state index contributed by atoms with van der Waals surface area (Å²) in [6.07, 6.45) is -1.37. The molecule has 0 saturated heterocycles. The molecule has 4 N–H and O–H groups in total. The van der Waals surface area contributed by atoms with E-state index in [-0.39, 0.29) is 51.6 Å². The Balaban J connectivity index is 1.71. The number of halogens is 4. The average molecular weight is 621 g/mol. The van der Waals surface area contributed by atoms with Crippen molar-refractivity contribution >= 4 is 46.7 Å². The minimum absolute atomic E-state index is 0.0800. The SMILES string of the molecule is CSC[C@H](C)NC(=O)c1cc(C#N)cc(C)c1NC(=O)c1cc(CN2N=C(C(F)(F)F)NN2)nn1-c1ncccc1Cl. The lowest BCUT2D eigenvalue weighted by atomic mass is 10.0. The molecule has 17 heteroatoms. The number of aryl methyl sites for hydroxylation is 1. The van der Waals surface area contributed by atoms with Crippen LogP contribution in [-0.4, -0.2) is 61.8 Å². The predicted octanol–water partition coefficient (Wildman–Crippen LogP) is 3.54. The van der Waals surface area contributed by atoms with Gasteiger partial charge in [-0.2, -0.15) is 35.3 Å². The molecular weight excluding hydrogens is 597 g/mol. The number of hydrazine groups is 2. The third kappa shape index (κ3) is 6.93. The molecule has 3 aromatic rings. The number of hydrogen-bond acceptors (Lipinski definition) is 10. The van der Waals surface area contributed by atoms with Crippen LogP contribution in [0.25, 0.3) is 5.82 Å². The topological polar surface area (TPSA) is 152 Å². The fourth-order valence-corrected chi connectivity index (χ4v) is 4.76. The number of hydrogen-bond donors (Lipinski definition) is 4. The van der Waals surface area contributed by atoms with Gasteiger partial charge >= 0.3 is 6.18 Å². The van der Waals surface area contributed by atoms with E-state index in [1.54, 1.807) is 24.8 Å². The van der Waals surface area contributed by atoms with Crippen molar-refractivity contribution in [2.45, 2.75) is 32.6 Å². The minimum Gasteiger partial charge on any atom is -0.349 e. The summed E-state index contributed by atoms with van der Waals surface area (Å²) in [6, 6.07) is 9.17. The second-order valence-electron chi connectivity index (χ2n) is 9.09. The van der Waals surface area contributed by atoms with Gasteiger partial charge in [0.2, 0.25) is 5.84 Å². The fourth-order valence-electron chi connectivity index (χ4n) is 3.98. The van der Waals surface area contributed by atoms with Crippen LogP contribution in [0.2, 0.25) is 5.02 Å². The molecule has 12 nitrogen and oxygen atoms in total. The quantitative estimate of drug-likeness (QED) is 0.281. The van der Waals surface area contributed by atoms with Crippen LogP contribution in [0.15, 0.2) is 41.6 Å². The molecule has 0 unspecified atom stereocenters.